The molecule has 20 heavy (non-hydrogen) atoms. The summed E-state index contributed by atoms with van der Waals surface area (Å²) in [5.41, 5.74) is 2.41. The first-order valence-corrected chi connectivity index (χ1v) is 7.69. The summed E-state index contributed by atoms with van der Waals surface area (Å²) >= 11 is 0. The second-order valence-electron chi connectivity index (χ2n) is 5.66. The van der Waals surface area contributed by atoms with Crippen molar-refractivity contribution in [1.82, 2.24) is 15.1 Å². The number of hydrogen-bond acceptors (Lipinski definition) is 4. The number of hydrogen-bond donors (Lipinski definition) is 1. The molecule has 1 aromatic heterocycles. The van der Waals surface area contributed by atoms with Crippen LogP contribution >= 0.6 is 0 Å². The van der Waals surface area contributed by atoms with Gasteiger partial charge in [0.1, 0.15) is 5.82 Å². The van der Waals surface area contributed by atoms with Crippen LogP contribution in [-0.4, -0.2) is 42.6 Å². The monoisotopic (exact) mass is 280 g/mol. The Kier molecular flexibility index (Phi) is 5.43. The second kappa shape index (κ2) is 7.09. The summed E-state index contributed by atoms with van der Waals surface area (Å²) in [7, 11) is 4.17. The topological polar surface area (TPSA) is 42.3 Å². The van der Waals surface area contributed by atoms with Crippen LogP contribution in [0, 0.1) is 6.92 Å². The average molecular weight is 280 g/mol. The quantitative estimate of drug-likeness (QED) is 0.863. The van der Waals surface area contributed by atoms with Crippen molar-refractivity contribution in [2.45, 2.75) is 45.8 Å². The van der Waals surface area contributed by atoms with Gasteiger partial charge in [0.25, 0.3) is 0 Å². The number of aromatic nitrogens is 2. The van der Waals surface area contributed by atoms with Gasteiger partial charge >= 0.3 is 0 Å². The molecule has 1 saturated heterocycles. The van der Waals surface area contributed by atoms with E-state index in [0.717, 1.165) is 31.9 Å². The van der Waals surface area contributed by atoms with Crippen molar-refractivity contribution in [2.75, 3.05) is 31.6 Å². The third-order valence-electron chi connectivity index (χ3n) is 3.98. The minimum atomic E-state index is 0.357. The molecular formula is C15H28N4O. The molecule has 0 spiro atoms. The third kappa shape index (κ3) is 3.52. The predicted octanol–water partition coefficient (Wildman–Crippen LogP) is 1.84. The molecule has 0 aromatic carbocycles. The summed E-state index contributed by atoms with van der Waals surface area (Å²) in [6, 6.07) is 0. The van der Waals surface area contributed by atoms with Crippen LogP contribution in [0.3, 0.4) is 0 Å². The molecule has 5 heteroatoms. The van der Waals surface area contributed by atoms with Crippen LogP contribution in [-0.2, 0) is 18.3 Å². The third-order valence-corrected chi connectivity index (χ3v) is 3.98. The number of ether oxygens (including phenoxy) is 1. The van der Waals surface area contributed by atoms with Crippen LogP contribution in [0.2, 0.25) is 0 Å². The van der Waals surface area contributed by atoms with Crippen molar-refractivity contribution >= 4 is 5.82 Å². The number of likely N-dealkylation sites (N-methyl/N-ethyl adjacent to an activating group) is 1. The Balaban J connectivity index is 2.09. The smallest absolute Gasteiger partial charge is 0.131 e. The van der Waals surface area contributed by atoms with Crippen LogP contribution in [0.1, 0.15) is 37.4 Å². The first-order chi connectivity index (χ1) is 9.63. The largest absolute Gasteiger partial charge is 0.376 e. The molecule has 2 rings (SSSR count). The first-order valence-electron chi connectivity index (χ1n) is 7.69. The summed E-state index contributed by atoms with van der Waals surface area (Å²) in [4.78, 5) is 2.29. The van der Waals surface area contributed by atoms with Gasteiger partial charge in [0.15, 0.2) is 0 Å². The van der Waals surface area contributed by atoms with Gasteiger partial charge in [-0.05, 0) is 32.7 Å². The molecule has 1 unspecified atom stereocenters. The lowest BCUT2D eigenvalue weighted by Gasteiger charge is -2.29. The molecule has 0 aliphatic carbocycles. The minimum absolute atomic E-state index is 0.357. The van der Waals surface area contributed by atoms with Crippen LogP contribution in [0.5, 0.6) is 0 Å². The standard InChI is InChI=1S/C15H28N4O/c1-5-16-10-14-12(2)17-19(4)15(14)18(3)11-13-8-6-7-9-20-13/h13,16H,5-11H2,1-4H3. The van der Waals surface area contributed by atoms with Gasteiger partial charge in [-0.2, -0.15) is 5.10 Å². The maximum atomic E-state index is 5.85. The number of anilines is 1. The Morgan fingerprint density at radius 3 is 2.90 bits per heavy atom. The number of nitrogens with one attached hydrogen (secondary N) is 1. The molecule has 2 heterocycles. The van der Waals surface area contributed by atoms with Gasteiger partial charge in [0.05, 0.1) is 11.8 Å². The summed E-state index contributed by atoms with van der Waals surface area (Å²) < 4.78 is 7.84. The Hall–Kier alpha value is -1.07. The lowest BCUT2D eigenvalue weighted by molar-refractivity contribution is 0.0214. The van der Waals surface area contributed by atoms with E-state index in [1.807, 2.05) is 11.7 Å². The number of nitrogens with zero attached hydrogens (tertiary/aromatic N) is 3. The molecule has 0 saturated carbocycles. The highest BCUT2D eigenvalue weighted by Gasteiger charge is 2.21. The fraction of sp³-hybridized carbons (Fsp3) is 0.800. The van der Waals surface area contributed by atoms with Crippen molar-refractivity contribution < 1.29 is 4.74 Å². The van der Waals surface area contributed by atoms with Crippen molar-refractivity contribution in [3.8, 4) is 0 Å². The fourth-order valence-electron chi connectivity index (χ4n) is 2.97. The van der Waals surface area contributed by atoms with Crippen LogP contribution in [0.4, 0.5) is 5.82 Å². The predicted molar refractivity (Wildman–Crippen MR) is 82.2 cm³/mol. The van der Waals surface area contributed by atoms with E-state index in [9.17, 15) is 0 Å². The van der Waals surface area contributed by atoms with E-state index in [-0.39, 0.29) is 0 Å². The summed E-state index contributed by atoms with van der Waals surface area (Å²) in [5.74, 6) is 1.21. The van der Waals surface area contributed by atoms with E-state index in [1.54, 1.807) is 0 Å². The fourth-order valence-corrected chi connectivity index (χ4v) is 2.97. The van der Waals surface area contributed by atoms with Crippen molar-refractivity contribution in [3.63, 3.8) is 0 Å². The molecular weight excluding hydrogens is 252 g/mol. The van der Waals surface area contributed by atoms with Crippen LogP contribution < -0.4 is 10.2 Å². The van der Waals surface area contributed by atoms with Gasteiger partial charge in [0, 0.05) is 39.4 Å². The lowest BCUT2D eigenvalue weighted by atomic mass is 10.1. The van der Waals surface area contributed by atoms with Gasteiger partial charge in [-0.1, -0.05) is 6.92 Å². The average Bonchev–Trinajstić information content (AvgIpc) is 2.71. The van der Waals surface area contributed by atoms with Crippen molar-refractivity contribution in [3.05, 3.63) is 11.3 Å². The van der Waals surface area contributed by atoms with E-state index in [0.29, 0.717) is 6.10 Å². The molecule has 1 N–H and O–H groups in total. The highest BCUT2D eigenvalue weighted by atomic mass is 16.5. The summed E-state index contributed by atoms with van der Waals surface area (Å²) in [6.45, 7) is 7.92. The maximum Gasteiger partial charge on any atom is 0.131 e. The van der Waals surface area contributed by atoms with Crippen LogP contribution in [0.15, 0.2) is 0 Å². The molecule has 1 aliphatic heterocycles. The number of rotatable bonds is 6. The molecule has 1 fully saturated rings. The highest BCUT2D eigenvalue weighted by molar-refractivity contribution is 5.49. The maximum absolute atomic E-state index is 5.85. The molecule has 0 bridgehead atoms. The molecule has 114 valence electrons. The summed E-state index contributed by atoms with van der Waals surface area (Å²) in [5, 5.41) is 7.98. The number of aryl methyl sites for hydroxylation is 2. The van der Waals surface area contributed by atoms with E-state index in [4.69, 9.17) is 4.74 Å². The van der Waals surface area contributed by atoms with Crippen LogP contribution in [0.25, 0.3) is 0 Å². The highest BCUT2D eigenvalue weighted by Crippen LogP contribution is 2.24. The molecule has 5 nitrogen and oxygen atoms in total. The minimum Gasteiger partial charge on any atom is -0.376 e. The van der Waals surface area contributed by atoms with E-state index < -0.39 is 0 Å². The Morgan fingerprint density at radius 2 is 2.25 bits per heavy atom. The van der Waals surface area contributed by atoms with E-state index in [1.165, 1.54) is 30.6 Å². The molecule has 1 aromatic rings. The molecule has 0 amide bonds. The van der Waals surface area contributed by atoms with Gasteiger partial charge in [-0.3, -0.25) is 4.68 Å². The van der Waals surface area contributed by atoms with Gasteiger partial charge in [0.2, 0.25) is 0 Å². The van der Waals surface area contributed by atoms with Gasteiger partial charge in [-0.25, -0.2) is 0 Å². The first kappa shape index (κ1) is 15.3. The Bertz CT molecular complexity index is 424. The zero-order chi connectivity index (χ0) is 14.5. The molecule has 1 aliphatic rings. The van der Waals surface area contributed by atoms with E-state index >= 15 is 0 Å². The normalized spacial score (nSPS) is 19.3. The Morgan fingerprint density at radius 1 is 1.45 bits per heavy atom. The zero-order valence-corrected chi connectivity index (χ0v) is 13.3. The zero-order valence-electron chi connectivity index (χ0n) is 13.3. The van der Waals surface area contributed by atoms with Crippen molar-refractivity contribution in [1.29, 1.82) is 0 Å². The van der Waals surface area contributed by atoms with Gasteiger partial charge in [-0.15, -0.1) is 0 Å². The van der Waals surface area contributed by atoms with Gasteiger partial charge < -0.3 is 15.0 Å². The SMILES string of the molecule is CCNCc1c(C)nn(C)c1N(C)CC1CCCCO1. The second-order valence-corrected chi connectivity index (χ2v) is 5.66. The van der Waals surface area contributed by atoms with Crippen molar-refractivity contribution in [2.24, 2.45) is 7.05 Å². The Labute approximate surface area is 122 Å². The summed E-state index contributed by atoms with van der Waals surface area (Å²) in [6.07, 6.45) is 4.02. The van der Waals surface area contributed by atoms with E-state index in [2.05, 4.69) is 36.2 Å². The lowest BCUT2D eigenvalue weighted by Crippen LogP contribution is -2.35. The molecule has 1 atom stereocenters. The molecule has 0 radical (unpaired) electrons.